The molecule has 1 aliphatic rings. The lowest BCUT2D eigenvalue weighted by atomic mass is 10.1. The van der Waals surface area contributed by atoms with Crippen LogP contribution in [0, 0.1) is 0 Å². The molecular formula is C12H15NO3. The molecular weight excluding hydrogens is 206 g/mol. The second kappa shape index (κ2) is 4.99. The predicted octanol–water partition coefficient (Wildman–Crippen LogP) is 1.30. The Hall–Kier alpha value is -1.55. The van der Waals surface area contributed by atoms with Crippen molar-refractivity contribution in [1.82, 2.24) is 4.98 Å². The minimum absolute atomic E-state index is 0.517. The lowest BCUT2D eigenvalue weighted by Crippen LogP contribution is -2.14. The van der Waals surface area contributed by atoms with Crippen LogP contribution in [0.15, 0.2) is 30.2 Å². The monoisotopic (exact) mass is 221 g/mol. The quantitative estimate of drug-likeness (QED) is 0.832. The SMILES string of the molecule is COc1ccc(CC(O)C2=CCCO2)cn1. The summed E-state index contributed by atoms with van der Waals surface area (Å²) in [6, 6.07) is 3.68. The van der Waals surface area contributed by atoms with Gasteiger partial charge in [0.15, 0.2) is 0 Å². The van der Waals surface area contributed by atoms with E-state index in [1.54, 1.807) is 19.4 Å². The van der Waals surface area contributed by atoms with Crippen LogP contribution in [0.25, 0.3) is 0 Å². The summed E-state index contributed by atoms with van der Waals surface area (Å²) in [6.45, 7) is 0.674. The molecule has 2 rings (SSSR count). The summed E-state index contributed by atoms with van der Waals surface area (Å²) in [5, 5.41) is 9.88. The highest BCUT2D eigenvalue weighted by atomic mass is 16.5. The van der Waals surface area contributed by atoms with E-state index in [-0.39, 0.29) is 0 Å². The van der Waals surface area contributed by atoms with Gasteiger partial charge < -0.3 is 14.6 Å². The molecule has 1 N–H and O–H groups in total. The predicted molar refractivity (Wildman–Crippen MR) is 59.2 cm³/mol. The van der Waals surface area contributed by atoms with Crippen LogP contribution in [0.4, 0.5) is 0 Å². The van der Waals surface area contributed by atoms with E-state index in [1.807, 2.05) is 12.1 Å². The number of aliphatic hydroxyl groups excluding tert-OH is 1. The summed E-state index contributed by atoms with van der Waals surface area (Å²) < 4.78 is 10.3. The van der Waals surface area contributed by atoms with E-state index in [1.165, 1.54) is 0 Å². The third-order valence-corrected chi connectivity index (χ3v) is 2.50. The van der Waals surface area contributed by atoms with Gasteiger partial charge in [-0.25, -0.2) is 4.98 Å². The average Bonchev–Trinajstić information content (AvgIpc) is 2.83. The number of hydrogen-bond acceptors (Lipinski definition) is 4. The molecule has 0 radical (unpaired) electrons. The van der Waals surface area contributed by atoms with Crippen LogP contribution in [0.1, 0.15) is 12.0 Å². The van der Waals surface area contributed by atoms with Crippen LogP contribution < -0.4 is 4.74 Å². The van der Waals surface area contributed by atoms with Crippen LogP contribution in [0.2, 0.25) is 0 Å². The Kier molecular flexibility index (Phi) is 3.41. The fourth-order valence-corrected chi connectivity index (χ4v) is 1.65. The van der Waals surface area contributed by atoms with Crippen LogP contribution in [0.5, 0.6) is 5.88 Å². The summed E-state index contributed by atoms with van der Waals surface area (Å²) in [4.78, 5) is 4.08. The number of pyridine rings is 1. The first-order chi connectivity index (χ1) is 7.79. The molecule has 86 valence electrons. The van der Waals surface area contributed by atoms with Crippen molar-refractivity contribution in [1.29, 1.82) is 0 Å². The van der Waals surface area contributed by atoms with Crippen molar-refractivity contribution in [2.45, 2.75) is 18.9 Å². The fraction of sp³-hybridized carbons (Fsp3) is 0.417. The van der Waals surface area contributed by atoms with Crippen molar-refractivity contribution in [2.75, 3.05) is 13.7 Å². The Bertz CT molecular complexity index is 372. The van der Waals surface area contributed by atoms with Gasteiger partial charge in [-0.3, -0.25) is 0 Å². The van der Waals surface area contributed by atoms with Crippen molar-refractivity contribution in [3.05, 3.63) is 35.7 Å². The van der Waals surface area contributed by atoms with E-state index in [0.717, 1.165) is 12.0 Å². The first-order valence-electron chi connectivity index (χ1n) is 5.29. The summed E-state index contributed by atoms with van der Waals surface area (Å²) >= 11 is 0. The van der Waals surface area contributed by atoms with Gasteiger partial charge in [0, 0.05) is 25.1 Å². The number of aliphatic hydroxyl groups is 1. The van der Waals surface area contributed by atoms with E-state index in [4.69, 9.17) is 9.47 Å². The van der Waals surface area contributed by atoms with E-state index in [0.29, 0.717) is 24.7 Å². The maximum Gasteiger partial charge on any atom is 0.212 e. The molecule has 0 fully saturated rings. The van der Waals surface area contributed by atoms with E-state index >= 15 is 0 Å². The van der Waals surface area contributed by atoms with E-state index in [9.17, 15) is 5.11 Å². The van der Waals surface area contributed by atoms with Gasteiger partial charge in [0.25, 0.3) is 0 Å². The first-order valence-corrected chi connectivity index (χ1v) is 5.29. The minimum Gasteiger partial charge on any atom is -0.495 e. The number of rotatable bonds is 4. The number of aromatic nitrogens is 1. The summed E-state index contributed by atoms with van der Waals surface area (Å²) in [5.74, 6) is 1.25. The zero-order valence-electron chi connectivity index (χ0n) is 9.22. The van der Waals surface area contributed by atoms with Gasteiger partial charge in [-0.15, -0.1) is 0 Å². The molecule has 2 heterocycles. The van der Waals surface area contributed by atoms with Crippen LogP contribution in [-0.4, -0.2) is 29.9 Å². The van der Waals surface area contributed by atoms with Gasteiger partial charge in [-0.05, 0) is 11.6 Å². The molecule has 1 aromatic heterocycles. The first kappa shape index (κ1) is 11.0. The zero-order valence-corrected chi connectivity index (χ0v) is 9.22. The maximum atomic E-state index is 9.88. The van der Waals surface area contributed by atoms with Gasteiger partial charge in [-0.2, -0.15) is 0 Å². The topological polar surface area (TPSA) is 51.6 Å². The van der Waals surface area contributed by atoms with Gasteiger partial charge in [0.05, 0.1) is 13.7 Å². The number of nitrogens with zero attached hydrogens (tertiary/aromatic N) is 1. The van der Waals surface area contributed by atoms with Gasteiger partial charge >= 0.3 is 0 Å². The molecule has 0 aliphatic carbocycles. The smallest absolute Gasteiger partial charge is 0.212 e. The third-order valence-electron chi connectivity index (χ3n) is 2.50. The molecule has 1 aliphatic heterocycles. The molecule has 4 heteroatoms. The zero-order chi connectivity index (χ0) is 11.4. The van der Waals surface area contributed by atoms with E-state index < -0.39 is 6.10 Å². The Morgan fingerprint density at radius 2 is 2.44 bits per heavy atom. The van der Waals surface area contributed by atoms with Crippen molar-refractivity contribution < 1.29 is 14.6 Å². The van der Waals surface area contributed by atoms with Crippen molar-refractivity contribution in [3.63, 3.8) is 0 Å². The Morgan fingerprint density at radius 1 is 1.56 bits per heavy atom. The molecule has 0 saturated heterocycles. The molecule has 1 unspecified atom stereocenters. The maximum absolute atomic E-state index is 9.88. The largest absolute Gasteiger partial charge is 0.495 e. The van der Waals surface area contributed by atoms with Crippen molar-refractivity contribution >= 4 is 0 Å². The minimum atomic E-state index is -0.572. The second-order valence-corrected chi connectivity index (χ2v) is 3.67. The Balaban J connectivity index is 1.97. The number of methoxy groups -OCH3 is 1. The lowest BCUT2D eigenvalue weighted by Gasteiger charge is -2.12. The van der Waals surface area contributed by atoms with Crippen molar-refractivity contribution in [3.8, 4) is 5.88 Å². The van der Waals surface area contributed by atoms with Crippen molar-refractivity contribution in [2.24, 2.45) is 0 Å². The molecule has 0 amide bonds. The highest BCUT2D eigenvalue weighted by Gasteiger charge is 2.16. The van der Waals surface area contributed by atoms with Gasteiger partial charge in [0.1, 0.15) is 11.9 Å². The van der Waals surface area contributed by atoms with Crippen LogP contribution in [0.3, 0.4) is 0 Å². The highest BCUT2D eigenvalue weighted by molar-refractivity contribution is 5.20. The van der Waals surface area contributed by atoms with Gasteiger partial charge in [-0.1, -0.05) is 6.07 Å². The van der Waals surface area contributed by atoms with Gasteiger partial charge in [0.2, 0.25) is 5.88 Å². The number of hydrogen-bond donors (Lipinski definition) is 1. The molecule has 1 atom stereocenters. The van der Waals surface area contributed by atoms with E-state index in [2.05, 4.69) is 4.98 Å². The lowest BCUT2D eigenvalue weighted by molar-refractivity contribution is 0.118. The molecule has 0 bridgehead atoms. The molecule has 1 aromatic rings. The second-order valence-electron chi connectivity index (χ2n) is 3.67. The molecule has 0 saturated carbocycles. The molecule has 4 nitrogen and oxygen atoms in total. The molecule has 0 spiro atoms. The fourth-order valence-electron chi connectivity index (χ4n) is 1.65. The molecule has 16 heavy (non-hydrogen) atoms. The summed E-state index contributed by atoms with van der Waals surface area (Å²) in [6.07, 6.45) is 4.47. The van der Waals surface area contributed by atoms with Crippen LogP contribution >= 0.6 is 0 Å². The summed E-state index contributed by atoms with van der Waals surface area (Å²) in [5.41, 5.74) is 0.963. The Labute approximate surface area is 94.5 Å². The third kappa shape index (κ3) is 2.52. The number of ether oxygens (including phenoxy) is 2. The summed E-state index contributed by atoms with van der Waals surface area (Å²) in [7, 11) is 1.58. The van der Waals surface area contributed by atoms with Crippen LogP contribution in [-0.2, 0) is 11.2 Å². The Morgan fingerprint density at radius 3 is 3.00 bits per heavy atom. The average molecular weight is 221 g/mol. The standard InChI is InChI=1S/C12H15NO3/c1-15-12-5-4-9(8-13-12)7-10(14)11-3-2-6-16-11/h3-5,8,10,14H,2,6-7H2,1H3. The molecule has 0 aromatic carbocycles. The highest BCUT2D eigenvalue weighted by Crippen LogP contribution is 2.17. The normalized spacial score (nSPS) is 16.5.